The molecule has 0 saturated heterocycles. The Morgan fingerprint density at radius 1 is 1.31 bits per heavy atom. The van der Waals surface area contributed by atoms with Gasteiger partial charge in [0, 0.05) is 0 Å². The van der Waals surface area contributed by atoms with Crippen LogP contribution in [0.3, 0.4) is 0 Å². The number of halogens is 3. The molecule has 0 spiro atoms. The summed E-state index contributed by atoms with van der Waals surface area (Å²) in [4.78, 5) is 10.2. The molecule has 0 radical (unpaired) electrons. The number of carboxylic acid groups (broad SMARTS) is 1. The Labute approximate surface area is 70.0 Å². The van der Waals surface area contributed by atoms with Crippen LogP contribution >= 0.6 is 0 Å². The highest BCUT2D eigenvalue weighted by Crippen LogP contribution is 2.22. The fourth-order valence-corrected chi connectivity index (χ4v) is 0.773. The van der Waals surface area contributed by atoms with Gasteiger partial charge >= 0.3 is 5.97 Å². The van der Waals surface area contributed by atoms with E-state index in [1.165, 1.54) is 0 Å². The zero-order valence-corrected chi connectivity index (χ0v) is 5.97. The summed E-state index contributed by atoms with van der Waals surface area (Å²) in [6.45, 7) is 0. The molecule has 0 heterocycles. The van der Waals surface area contributed by atoms with Crippen molar-refractivity contribution >= 4 is 5.97 Å². The highest BCUT2D eigenvalue weighted by Gasteiger charge is 2.19. The Balaban J connectivity index is 3.53. The Hall–Kier alpha value is -1.72. The van der Waals surface area contributed by atoms with E-state index in [1.807, 2.05) is 0 Å². The van der Waals surface area contributed by atoms with E-state index in [0.717, 1.165) is 0 Å². The zero-order chi connectivity index (χ0) is 10.2. The molecule has 0 amide bonds. The molecule has 3 nitrogen and oxygen atoms in total. The average molecular weight is 191 g/mol. The van der Waals surface area contributed by atoms with Gasteiger partial charge < -0.3 is 10.2 Å². The molecular formula is C7H2F3O3-. The number of hydrogen-bond acceptors (Lipinski definition) is 2. The Bertz CT molecular complexity index is 376. The van der Waals surface area contributed by atoms with Crippen molar-refractivity contribution in [2.24, 2.45) is 0 Å². The van der Waals surface area contributed by atoms with Gasteiger partial charge in [-0.1, -0.05) is 5.75 Å². The van der Waals surface area contributed by atoms with Gasteiger partial charge in [-0.05, 0) is 6.07 Å². The van der Waals surface area contributed by atoms with Crippen molar-refractivity contribution in [3.63, 3.8) is 0 Å². The molecule has 1 rings (SSSR count). The molecule has 0 saturated carbocycles. The summed E-state index contributed by atoms with van der Waals surface area (Å²) < 4.78 is 37.2. The van der Waals surface area contributed by atoms with E-state index in [-0.39, 0.29) is 6.07 Å². The van der Waals surface area contributed by atoms with Crippen LogP contribution in [0.1, 0.15) is 10.4 Å². The normalized spacial score (nSPS) is 10.1. The second kappa shape index (κ2) is 2.96. The van der Waals surface area contributed by atoms with Crippen LogP contribution in [0, 0.1) is 17.5 Å². The number of aromatic carboxylic acids is 1. The topological polar surface area (TPSA) is 60.4 Å². The van der Waals surface area contributed by atoms with Gasteiger partial charge in [-0.15, -0.1) is 0 Å². The molecule has 0 unspecified atom stereocenters. The van der Waals surface area contributed by atoms with Crippen molar-refractivity contribution in [1.82, 2.24) is 0 Å². The molecule has 0 aromatic heterocycles. The Kier molecular flexibility index (Phi) is 2.14. The average Bonchev–Trinajstić information content (AvgIpc) is 1.99. The van der Waals surface area contributed by atoms with Crippen LogP contribution in [0.5, 0.6) is 5.75 Å². The van der Waals surface area contributed by atoms with Crippen LogP contribution in [0.4, 0.5) is 13.2 Å². The maximum absolute atomic E-state index is 12.6. The van der Waals surface area contributed by atoms with Gasteiger partial charge in [0.1, 0.15) is 0 Å². The van der Waals surface area contributed by atoms with Gasteiger partial charge in [-0.25, -0.2) is 18.0 Å². The molecule has 0 bridgehead atoms. The number of rotatable bonds is 1. The van der Waals surface area contributed by atoms with Crippen LogP contribution in [-0.2, 0) is 0 Å². The van der Waals surface area contributed by atoms with Gasteiger partial charge in [-0.2, -0.15) is 0 Å². The van der Waals surface area contributed by atoms with E-state index in [4.69, 9.17) is 5.11 Å². The van der Waals surface area contributed by atoms with E-state index in [1.54, 1.807) is 0 Å². The zero-order valence-electron chi connectivity index (χ0n) is 5.97. The SMILES string of the molecule is O=C(O)c1c([O-])cc(F)c(F)c1F. The number of hydrogen-bond donors (Lipinski definition) is 1. The van der Waals surface area contributed by atoms with Crippen LogP contribution in [0.25, 0.3) is 0 Å². The highest BCUT2D eigenvalue weighted by molar-refractivity contribution is 5.90. The van der Waals surface area contributed by atoms with Crippen molar-refractivity contribution in [3.8, 4) is 5.75 Å². The quantitative estimate of drug-likeness (QED) is 0.670. The van der Waals surface area contributed by atoms with Gasteiger partial charge in [0.2, 0.25) is 0 Å². The summed E-state index contributed by atoms with van der Waals surface area (Å²) in [5, 5.41) is 18.9. The molecule has 0 aliphatic rings. The number of carboxylic acids is 1. The third-order valence-electron chi connectivity index (χ3n) is 1.34. The molecule has 13 heavy (non-hydrogen) atoms. The van der Waals surface area contributed by atoms with Gasteiger partial charge in [0.25, 0.3) is 0 Å². The standard InChI is InChI=1S/C7H3F3O3/c8-2-1-3(11)4(7(12)13)6(10)5(2)9/h1,11H,(H,12,13)/p-1. The third-order valence-corrected chi connectivity index (χ3v) is 1.34. The van der Waals surface area contributed by atoms with Crippen LogP contribution in [0.15, 0.2) is 6.07 Å². The summed E-state index contributed by atoms with van der Waals surface area (Å²) in [5.74, 6) is -8.97. The predicted octanol–water partition coefficient (Wildman–Crippen LogP) is 0.876. The van der Waals surface area contributed by atoms with Gasteiger partial charge in [-0.3, -0.25) is 0 Å². The lowest BCUT2D eigenvalue weighted by Gasteiger charge is -2.11. The Morgan fingerprint density at radius 3 is 2.31 bits per heavy atom. The smallest absolute Gasteiger partial charge is 0.338 e. The fraction of sp³-hybridized carbons (Fsp3) is 0. The fourth-order valence-electron chi connectivity index (χ4n) is 0.773. The summed E-state index contributed by atoms with van der Waals surface area (Å²) in [6.07, 6.45) is 0. The summed E-state index contributed by atoms with van der Waals surface area (Å²) >= 11 is 0. The van der Waals surface area contributed by atoms with E-state index in [9.17, 15) is 23.1 Å². The summed E-state index contributed by atoms with van der Waals surface area (Å²) in [7, 11) is 0. The lowest BCUT2D eigenvalue weighted by molar-refractivity contribution is -0.269. The first-order chi connectivity index (χ1) is 5.95. The van der Waals surface area contributed by atoms with Gasteiger partial charge in [0.15, 0.2) is 17.5 Å². The molecular weight excluding hydrogens is 189 g/mol. The molecule has 0 atom stereocenters. The third kappa shape index (κ3) is 1.42. The van der Waals surface area contributed by atoms with Crippen molar-refractivity contribution in [2.75, 3.05) is 0 Å². The molecule has 0 aliphatic carbocycles. The molecule has 6 heteroatoms. The number of benzene rings is 1. The highest BCUT2D eigenvalue weighted by atomic mass is 19.2. The summed E-state index contributed by atoms with van der Waals surface area (Å²) in [6, 6.07) is 0.0852. The first-order valence-electron chi connectivity index (χ1n) is 3.03. The minimum atomic E-state index is -1.97. The number of carbonyl (C=O) groups is 1. The lowest BCUT2D eigenvalue weighted by atomic mass is 10.2. The lowest BCUT2D eigenvalue weighted by Crippen LogP contribution is -2.10. The van der Waals surface area contributed by atoms with Crippen molar-refractivity contribution in [1.29, 1.82) is 0 Å². The molecule has 70 valence electrons. The molecule has 1 aromatic carbocycles. The van der Waals surface area contributed by atoms with E-state index < -0.39 is 34.7 Å². The van der Waals surface area contributed by atoms with Gasteiger partial charge in [0.05, 0.1) is 5.56 Å². The Morgan fingerprint density at radius 2 is 1.85 bits per heavy atom. The van der Waals surface area contributed by atoms with Crippen LogP contribution in [-0.4, -0.2) is 11.1 Å². The first-order valence-corrected chi connectivity index (χ1v) is 3.03. The largest absolute Gasteiger partial charge is 0.872 e. The van der Waals surface area contributed by atoms with Crippen molar-refractivity contribution in [2.45, 2.75) is 0 Å². The molecule has 0 aliphatic heterocycles. The predicted molar refractivity (Wildman–Crippen MR) is 32.7 cm³/mol. The summed E-state index contributed by atoms with van der Waals surface area (Å²) in [5.41, 5.74) is -1.39. The second-order valence-electron chi connectivity index (χ2n) is 2.16. The minimum absolute atomic E-state index is 0.0852. The van der Waals surface area contributed by atoms with Crippen molar-refractivity contribution < 1.29 is 28.2 Å². The molecule has 1 aromatic rings. The monoisotopic (exact) mass is 191 g/mol. The first kappa shape index (κ1) is 9.37. The van der Waals surface area contributed by atoms with E-state index in [2.05, 4.69) is 0 Å². The minimum Gasteiger partial charge on any atom is -0.872 e. The van der Waals surface area contributed by atoms with E-state index >= 15 is 0 Å². The maximum atomic E-state index is 12.6. The second-order valence-corrected chi connectivity index (χ2v) is 2.16. The van der Waals surface area contributed by atoms with Crippen LogP contribution in [0.2, 0.25) is 0 Å². The molecule has 1 N–H and O–H groups in total. The van der Waals surface area contributed by atoms with Crippen LogP contribution < -0.4 is 5.11 Å². The molecule has 0 fully saturated rings. The van der Waals surface area contributed by atoms with Crippen molar-refractivity contribution in [3.05, 3.63) is 29.1 Å². The van der Waals surface area contributed by atoms with E-state index in [0.29, 0.717) is 0 Å². The maximum Gasteiger partial charge on any atom is 0.338 e.